The van der Waals surface area contributed by atoms with Crippen LogP contribution in [0, 0.1) is 11.0 Å². The van der Waals surface area contributed by atoms with E-state index in [9.17, 15) is 9.60 Å². The Bertz CT molecular complexity index is 817. The molecule has 1 heterocycles. The van der Waals surface area contributed by atoms with Gasteiger partial charge in [-0.25, -0.2) is 4.39 Å². The van der Waals surface area contributed by atoms with Crippen LogP contribution >= 0.6 is 27.5 Å². The molecule has 1 N–H and O–H groups in total. The number of hydrogen-bond donors (Lipinski definition) is 1. The maximum Gasteiger partial charge on any atom is 0.279 e. The van der Waals surface area contributed by atoms with E-state index in [0.29, 0.717) is 21.7 Å². The van der Waals surface area contributed by atoms with E-state index in [1.165, 1.54) is 19.2 Å². The number of quaternary nitrogens is 1. The van der Waals surface area contributed by atoms with Crippen molar-refractivity contribution in [1.82, 2.24) is 0 Å². The van der Waals surface area contributed by atoms with Crippen molar-refractivity contribution in [3.63, 3.8) is 0 Å². The largest absolute Gasteiger partial charge is 0.586 e. The third kappa shape index (κ3) is 3.96. The second kappa shape index (κ2) is 7.72. The second-order valence-electron chi connectivity index (χ2n) is 5.26. The number of fused-ring (bicyclic) bond motifs is 1. The highest BCUT2D eigenvalue weighted by Crippen LogP contribution is 2.30. The van der Waals surface area contributed by atoms with E-state index in [1.54, 1.807) is 12.1 Å². The number of methoxy groups -OCH3 is 1. The summed E-state index contributed by atoms with van der Waals surface area (Å²) in [4.78, 5) is 5.29. The number of hydroxylamine groups is 2. The molecule has 0 bridgehead atoms. The van der Waals surface area contributed by atoms with Crippen LogP contribution in [-0.2, 0) is 10.6 Å². The van der Waals surface area contributed by atoms with Crippen molar-refractivity contribution in [1.29, 1.82) is 0 Å². The van der Waals surface area contributed by atoms with Gasteiger partial charge in [0.1, 0.15) is 11.6 Å². The summed E-state index contributed by atoms with van der Waals surface area (Å²) in [5.41, 5.74) is 1.74. The van der Waals surface area contributed by atoms with Gasteiger partial charge in [0.05, 0.1) is 4.47 Å². The highest BCUT2D eigenvalue weighted by molar-refractivity contribution is 9.10. The lowest BCUT2D eigenvalue weighted by molar-refractivity contribution is -0.990. The zero-order chi connectivity index (χ0) is 18.0. The summed E-state index contributed by atoms with van der Waals surface area (Å²) in [5, 5.41) is 11.9. The quantitative estimate of drug-likeness (QED) is 0.583. The molecule has 2 atom stereocenters. The van der Waals surface area contributed by atoms with Crippen LogP contribution in [0.25, 0.3) is 6.08 Å². The smallest absolute Gasteiger partial charge is 0.279 e. The van der Waals surface area contributed by atoms with Gasteiger partial charge in [-0.3, -0.25) is 0 Å². The van der Waals surface area contributed by atoms with E-state index in [2.05, 4.69) is 15.9 Å². The topological polar surface area (TPSA) is 55.2 Å². The summed E-state index contributed by atoms with van der Waals surface area (Å²) in [7, 11) is 1.42. The van der Waals surface area contributed by atoms with Crippen molar-refractivity contribution < 1.29 is 23.9 Å². The Morgan fingerprint density at radius 1 is 1.32 bits per heavy atom. The fraction of sp³-hybridized carbons (Fsp3) is 0.176. The van der Waals surface area contributed by atoms with Crippen molar-refractivity contribution in [2.45, 2.75) is 12.2 Å². The number of benzene rings is 2. The minimum Gasteiger partial charge on any atom is -0.586 e. The zero-order valence-electron chi connectivity index (χ0n) is 13.1. The Labute approximate surface area is 157 Å². The predicted octanol–water partition coefficient (Wildman–Crippen LogP) is 3.41. The molecule has 2 unspecified atom stereocenters. The first-order valence-electron chi connectivity index (χ1n) is 7.29. The fourth-order valence-electron chi connectivity index (χ4n) is 2.36. The van der Waals surface area contributed by atoms with Crippen molar-refractivity contribution in [3.8, 4) is 11.5 Å². The van der Waals surface area contributed by atoms with Gasteiger partial charge in [0, 0.05) is 30.7 Å². The highest BCUT2D eigenvalue weighted by atomic mass is 79.9. The molecule has 5 nitrogen and oxygen atoms in total. The van der Waals surface area contributed by atoms with Gasteiger partial charge in [-0.15, -0.1) is 16.8 Å². The summed E-state index contributed by atoms with van der Waals surface area (Å²) in [6.45, 7) is 0. The summed E-state index contributed by atoms with van der Waals surface area (Å²) in [6.07, 6.45) is 0.702. The summed E-state index contributed by atoms with van der Waals surface area (Å²) in [6, 6.07) is 9.25. The molecule has 1 aliphatic rings. The van der Waals surface area contributed by atoms with Crippen LogP contribution in [0.1, 0.15) is 11.1 Å². The SMILES string of the molecule is COC1Oc2ccc(CCl)cc2C=C1[NH+]([O-])Oc1cc(F)ccc1Br. The Balaban J connectivity index is 1.92. The first kappa shape index (κ1) is 18.2. The molecule has 25 heavy (non-hydrogen) atoms. The maximum atomic E-state index is 13.4. The number of alkyl halides is 1. The Morgan fingerprint density at radius 3 is 2.84 bits per heavy atom. The molecule has 0 saturated heterocycles. The number of rotatable bonds is 5. The van der Waals surface area contributed by atoms with Gasteiger partial charge in [-0.2, -0.15) is 0 Å². The van der Waals surface area contributed by atoms with Gasteiger partial charge < -0.3 is 19.5 Å². The summed E-state index contributed by atoms with van der Waals surface area (Å²) in [5.74, 6) is 0.468. The molecule has 0 amide bonds. The van der Waals surface area contributed by atoms with Crippen molar-refractivity contribution in [3.05, 3.63) is 68.7 Å². The molecule has 2 aromatic carbocycles. The molecular weight excluding hydrogens is 417 g/mol. The van der Waals surface area contributed by atoms with Crippen LogP contribution in [0.4, 0.5) is 4.39 Å². The number of ether oxygens (including phenoxy) is 2. The second-order valence-corrected chi connectivity index (χ2v) is 6.38. The third-order valence-corrected chi connectivity index (χ3v) is 4.54. The first-order chi connectivity index (χ1) is 12.0. The molecule has 132 valence electrons. The molecule has 0 aliphatic carbocycles. The lowest BCUT2D eigenvalue weighted by Gasteiger charge is -2.30. The maximum absolute atomic E-state index is 13.4. The van der Waals surface area contributed by atoms with Crippen molar-refractivity contribution in [2.24, 2.45) is 0 Å². The lowest BCUT2D eigenvalue weighted by atomic mass is 10.1. The van der Waals surface area contributed by atoms with E-state index in [-0.39, 0.29) is 11.4 Å². The Hall–Kier alpha value is -1.64. The fourth-order valence-corrected chi connectivity index (χ4v) is 2.85. The summed E-state index contributed by atoms with van der Waals surface area (Å²) >= 11 is 9.06. The van der Waals surface area contributed by atoms with Crippen LogP contribution < -0.4 is 14.8 Å². The molecule has 0 aromatic heterocycles. The van der Waals surface area contributed by atoms with E-state index < -0.39 is 17.3 Å². The minimum absolute atomic E-state index is 0.0704. The predicted molar refractivity (Wildman–Crippen MR) is 94.5 cm³/mol. The van der Waals surface area contributed by atoms with Crippen molar-refractivity contribution >= 4 is 33.6 Å². The number of nitrogens with one attached hydrogen (secondary N) is 1. The van der Waals surface area contributed by atoms with E-state index in [1.807, 2.05) is 12.1 Å². The molecule has 3 rings (SSSR count). The molecule has 0 radical (unpaired) electrons. The monoisotopic (exact) mass is 429 g/mol. The summed E-state index contributed by atoms with van der Waals surface area (Å²) < 4.78 is 24.7. The first-order valence-corrected chi connectivity index (χ1v) is 8.61. The number of halogens is 3. The molecule has 2 aromatic rings. The van der Waals surface area contributed by atoms with Gasteiger partial charge in [0.15, 0.2) is 0 Å². The molecule has 1 aliphatic heterocycles. The average molecular weight is 431 g/mol. The van der Waals surface area contributed by atoms with Crippen molar-refractivity contribution in [2.75, 3.05) is 7.11 Å². The van der Waals surface area contributed by atoms with Gasteiger partial charge in [-0.05, 0) is 45.8 Å². The van der Waals surface area contributed by atoms with Crippen LogP contribution in [0.2, 0.25) is 0 Å². The van der Waals surface area contributed by atoms with Crippen LogP contribution in [0.3, 0.4) is 0 Å². The van der Waals surface area contributed by atoms with E-state index in [4.69, 9.17) is 25.9 Å². The van der Waals surface area contributed by atoms with Gasteiger partial charge in [-0.1, -0.05) is 6.07 Å². The van der Waals surface area contributed by atoms with E-state index in [0.717, 1.165) is 11.6 Å². The molecule has 0 spiro atoms. The van der Waals surface area contributed by atoms with Crippen LogP contribution in [-0.4, -0.2) is 13.4 Å². The highest BCUT2D eigenvalue weighted by Gasteiger charge is 2.30. The van der Waals surface area contributed by atoms with Gasteiger partial charge in [0.2, 0.25) is 11.4 Å². The molecular formula is C17H14BrClFNO4. The average Bonchev–Trinajstić information content (AvgIpc) is 2.62. The standard InChI is InChI=1S/C17H14BrClFNO4/c1-23-17-14(7-11-6-10(9-19)2-5-15(11)24-17)21(22)25-16-8-12(20)3-4-13(16)18/h2-8,17,21H,9H2,1H3. The molecule has 0 fully saturated rings. The third-order valence-electron chi connectivity index (χ3n) is 3.57. The van der Waals surface area contributed by atoms with E-state index >= 15 is 0 Å². The molecule has 8 heteroatoms. The van der Waals surface area contributed by atoms with Gasteiger partial charge in [0.25, 0.3) is 6.29 Å². The number of hydrogen-bond acceptors (Lipinski definition) is 4. The van der Waals surface area contributed by atoms with Crippen LogP contribution in [0.5, 0.6) is 11.5 Å². The Morgan fingerprint density at radius 2 is 2.12 bits per heavy atom. The zero-order valence-corrected chi connectivity index (χ0v) is 15.4. The lowest BCUT2D eigenvalue weighted by Crippen LogP contribution is -3.08. The van der Waals surface area contributed by atoms with Crippen LogP contribution in [0.15, 0.2) is 46.6 Å². The van der Waals surface area contributed by atoms with Gasteiger partial charge >= 0.3 is 0 Å². The minimum atomic E-state index is -0.922. The Kier molecular flexibility index (Phi) is 5.61. The molecule has 0 saturated carbocycles. The normalized spacial score (nSPS) is 17.3.